The number of sulfonamides is 1. The number of benzene rings is 1. The third-order valence-corrected chi connectivity index (χ3v) is 4.30. The van der Waals surface area contributed by atoms with Crippen LogP contribution < -0.4 is 4.72 Å². The largest absolute Gasteiger partial charge is 0.374 e. The predicted octanol–water partition coefficient (Wildman–Crippen LogP) is 3.12. The number of nitrogens with zero attached hydrogens (tertiary/aromatic N) is 1. The molecule has 2 aromatic rings. The van der Waals surface area contributed by atoms with Gasteiger partial charge in [0.1, 0.15) is 5.82 Å². The van der Waals surface area contributed by atoms with Gasteiger partial charge < -0.3 is 4.74 Å². The van der Waals surface area contributed by atoms with Gasteiger partial charge in [0, 0.05) is 6.20 Å². The fourth-order valence-electron chi connectivity index (χ4n) is 1.85. The first-order valence-electron chi connectivity index (χ1n) is 7.03. The first kappa shape index (κ1) is 16.5. The zero-order valence-corrected chi connectivity index (χ0v) is 13.7. The van der Waals surface area contributed by atoms with Gasteiger partial charge in [-0.1, -0.05) is 12.1 Å². The molecule has 1 N–H and O–H groups in total. The van der Waals surface area contributed by atoms with Crippen LogP contribution >= 0.6 is 0 Å². The van der Waals surface area contributed by atoms with Crippen LogP contribution in [0.1, 0.15) is 25.0 Å². The molecule has 22 heavy (non-hydrogen) atoms. The first-order valence-corrected chi connectivity index (χ1v) is 8.51. The van der Waals surface area contributed by atoms with Gasteiger partial charge in [-0.15, -0.1) is 0 Å². The Morgan fingerprint density at radius 3 is 2.68 bits per heavy atom. The molecule has 0 aliphatic heterocycles. The smallest absolute Gasteiger partial charge is 0.263 e. The van der Waals surface area contributed by atoms with Crippen LogP contribution in [-0.2, 0) is 21.4 Å². The second kappa shape index (κ2) is 6.89. The molecule has 0 bridgehead atoms. The number of ether oxygens (including phenoxy) is 1. The van der Waals surface area contributed by atoms with E-state index in [2.05, 4.69) is 9.71 Å². The van der Waals surface area contributed by atoms with Crippen LogP contribution in [0, 0.1) is 6.92 Å². The first-order chi connectivity index (χ1) is 10.4. The Morgan fingerprint density at radius 2 is 2.00 bits per heavy atom. The molecule has 5 nitrogen and oxygen atoms in total. The Bertz CT molecular complexity index is 743. The number of aromatic nitrogens is 1. The summed E-state index contributed by atoms with van der Waals surface area (Å²) in [5.74, 6) is 0.309. The summed E-state index contributed by atoms with van der Waals surface area (Å²) in [5.41, 5.74) is 1.75. The summed E-state index contributed by atoms with van der Waals surface area (Å²) in [7, 11) is -3.66. The second-order valence-corrected chi connectivity index (χ2v) is 7.01. The number of nitrogens with one attached hydrogen (secondary N) is 1. The van der Waals surface area contributed by atoms with Gasteiger partial charge in [0.05, 0.1) is 17.6 Å². The van der Waals surface area contributed by atoms with Crippen molar-refractivity contribution in [3.8, 4) is 0 Å². The quantitative estimate of drug-likeness (QED) is 0.888. The van der Waals surface area contributed by atoms with Gasteiger partial charge in [0.2, 0.25) is 0 Å². The van der Waals surface area contributed by atoms with E-state index in [0.717, 1.165) is 11.1 Å². The van der Waals surface area contributed by atoms with Gasteiger partial charge in [-0.2, -0.15) is 0 Å². The van der Waals surface area contributed by atoms with E-state index >= 15 is 0 Å². The molecule has 0 saturated heterocycles. The lowest BCUT2D eigenvalue weighted by Crippen LogP contribution is -2.14. The molecule has 1 aromatic carbocycles. The molecule has 0 amide bonds. The van der Waals surface area contributed by atoms with Crippen molar-refractivity contribution in [2.24, 2.45) is 0 Å². The average molecular weight is 320 g/mol. The summed E-state index contributed by atoms with van der Waals surface area (Å²) >= 11 is 0. The van der Waals surface area contributed by atoms with Crippen molar-refractivity contribution in [1.82, 2.24) is 4.98 Å². The number of rotatable bonds is 6. The van der Waals surface area contributed by atoms with Crippen molar-refractivity contribution in [3.63, 3.8) is 0 Å². The Balaban J connectivity index is 2.20. The minimum atomic E-state index is -3.66. The van der Waals surface area contributed by atoms with E-state index in [9.17, 15) is 8.42 Å². The summed E-state index contributed by atoms with van der Waals surface area (Å²) < 4.78 is 32.8. The maximum absolute atomic E-state index is 12.4. The average Bonchev–Trinajstić information content (AvgIpc) is 2.45. The second-order valence-electron chi connectivity index (χ2n) is 5.33. The van der Waals surface area contributed by atoms with E-state index in [1.807, 2.05) is 32.9 Å². The number of pyridine rings is 1. The molecule has 6 heteroatoms. The summed E-state index contributed by atoms with van der Waals surface area (Å²) in [5, 5.41) is 0. The number of hydrogen-bond donors (Lipinski definition) is 1. The molecular weight excluding hydrogens is 300 g/mol. The Morgan fingerprint density at radius 1 is 1.23 bits per heavy atom. The number of aryl methyl sites for hydroxylation is 1. The van der Waals surface area contributed by atoms with Gasteiger partial charge in [-0.25, -0.2) is 13.4 Å². The molecule has 0 radical (unpaired) electrons. The van der Waals surface area contributed by atoms with Gasteiger partial charge in [-0.05, 0) is 56.2 Å². The van der Waals surface area contributed by atoms with E-state index in [0.29, 0.717) is 12.4 Å². The maximum Gasteiger partial charge on any atom is 0.263 e. The SMILES string of the molecule is Cc1ccnc(NS(=O)(=O)c2cccc(COC(C)C)c2)c1. The Labute approximate surface area is 131 Å². The fourth-order valence-corrected chi connectivity index (χ4v) is 2.92. The van der Waals surface area contributed by atoms with E-state index < -0.39 is 10.0 Å². The molecule has 0 spiro atoms. The van der Waals surface area contributed by atoms with E-state index in [1.165, 1.54) is 0 Å². The van der Waals surface area contributed by atoms with Crippen molar-refractivity contribution in [1.29, 1.82) is 0 Å². The topological polar surface area (TPSA) is 68.3 Å². The standard InChI is InChI=1S/C16H20N2O3S/c1-12(2)21-11-14-5-4-6-15(10-14)22(19,20)18-16-9-13(3)7-8-17-16/h4-10,12H,11H2,1-3H3,(H,17,18). The zero-order valence-electron chi connectivity index (χ0n) is 12.9. The lowest BCUT2D eigenvalue weighted by atomic mass is 10.2. The van der Waals surface area contributed by atoms with Crippen LogP contribution in [0.5, 0.6) is 0 Å². The molecule has 0 aliphatic carbocycles. The molecule has 0 unspecified atom stereocenters. The van der Waals surface area contributed by atoms with Crippen LogP contribution in [0.2, 0.25) is 0 Å². The minimum Gasteiger partial charge on any atom is -0.374 e. The monoisotopic (exact) mass is 320 g/mol. The highest BCUT2D eigenvalue weighted by molar-refractivity contribution is 7.92. The van der Waals surface area contributed by atoms with Crippen molar-refractivity contribution in [3.05, 3.63) is 53.7 Å². The highest BCUT2D eigenvalue weighted by atomic mass is 32.2. The third-order valence-electron chi connectivity index (χ3n) is 2.95. The van der Waals surface area contributed by atoms with Crippen LogP contribution in [-0.4, -0.2) is 19.5 Å². The third kappa shape index (κ3) is 4.54. The Kier molecular flexibility index (Phi) is 5.15. The molecule has 0 fully saturated rings. The van der Waals surface area contributed by atoms with Gasteiger partial charge >= 0.3 is 0 Å². The molecule has 2 rings (SSSR count). The summed E-state index contributed by atoms with van der Waals surface area (Å²) in [6.45, 7) is 6.13. The Hall–Kier alpha value is -1.92. The van der Waals surface area contributed by atoms with E-state index in [-0.39, 0.29) is 11.0 Å². The highest BCUT2D eigenvalue weighted by Crippen LogP contribution is 2.17. The van der Waals surface area contributed by atoms with Crippen molar-refractivity contribution in [2.45, 2.75) is 38.4 Å². The molecule has 1 aromatic heterocycles. The summed E-state index contributed by atoms with van der Waals surface area (Å²) in [6, 6.07) is 10.2. The highest BCUT2D eigenvalue weighted by Gasteiger charge is 2.15. The number of anilines is 1. The summed E-state index contributed by atoms with van der Waals surface area (Å²) in [6.07, 6.45) is 1.66. The maximum atomic E-state index is 12.4. The molecule has 1 heterocycles. The van der Waals surface area contributed by atoms with Gasteiger partial charge in [0.15, 0.2) is 0 Å². The van der Waals surface area contributed by atoms with Crippen LogP contribution in [0.25, 0.3) is 0 Å². The van der Waals surface area contributed by atoms with Gasteiger partial charge in [0.25, 0.3) is 10.0 Å². The number of hydrogen-bond acceptors (Lipinski definition) is 4. The van der Waals surface area contributed by atoms with Crippen LogP contribution in [0.4, 0.5) is 5.82 Å². The fraction of sp³-hybridized carbons (Fsp3) is 0.312. The zero-order chi connectivity index (χ0) is 16.2. The van der Waals surface area contributed by atoms with Crippen LogP contribution in [0.3, 0.4) is 0 Å². The lowest BCUT2D eigenvalue weighted by Gasteiger charge is -2.10. The van der Waals surface area contributed by atoms with E-state index in [4.69, 9.17) is 4.74 Å². The lowest BCUT2D eigenvalue weighted by molar-refractivity contribution is 0.0656. The van der Waals surface area contributed by atoms with Crippen molar-refractivity contribution < 1.29 is 13.2 Å². The molecule has 0 saturated carbocycles. The summed E-state index contributed by atoms with van der Waals surface area (Å²) in [4.78, 5) is 4.21. The molecule has 0 atom stereocenters. The molecular formula is C16H20N2O3S. The predicted molar refractivity (Wildman–Crippen MR) is 86.1 cm³/mol. The van der Waals surface area contributed by atoms with Gasteiger partial charge in [-0.3, -0.25) is 4.72 Å². The van der Waals surface area contributed by atoms with Crippen molar-refractivity contribution in [2.75, 3.05) is 4.72 Å². The van der Waals surface area contributed by atoms with Crippen molar-refractivity contribution >= 4 is 15.8 Å². The van der Waals surface area contributed by atoms with Crippen LogP contribution in [0.15, 0.2) is 47.5 Å². The molecule has 118 valence electrons. The normalized spacial score (nSPS) is 11.6. The molecule has 0 aliphatic rings. The van der Waals surface area contributed by atoms with E-state index in [1.54, 1.807) is 30.5 Å². The minimum absolute atomic E-state index is 0.0925.